The van der Waals surface area contributed by atoms with Crippen LogP contribution in [-0.4, -0.2) is 38.0 Å². The number of carbonyl (C=O) groups is 1. The molecule has 1 heterocycles. The number of hydrogen-bond donors (Lipinski definition) is 1. The minimum absolute atomic E-state index is 0. The summed E-state index contributed by atoms with van der Waals surface area (Å²) in [4.78, 5) is 13.5. The van der Waals surface area contributed by atoms with Gasteiger partial charge < -0.3 is 10.2 Å². The number of nitrogens with zero attached hydrogens (tertiary/aromatic N) is 1. The van der Waals surface area contributed by atoms with Crippen molar-refractivity contribution < 1.29 is 4.79 Å². The highest BCUT2D eigenvalue weighted by Gasteiger charge is 2.12. The number of amides is 1. The number of nitrogens with one attached hydrogen (secondary N) is 1. The number of hydrogen-bond acceptors (Lipinski definition) is 3. The molecule has 0 saturated carbocycles. The second-order valence-corrected chi connectivity index (χ2v) is 5.26. The van der Waals surface area contributed by atoms with Crippen molar-refractivity contribution in [3.63, 3.8) is 0 Å². The lowest BCUT2D eigenvalue weighted by molar-refractivity contribution is 0.0797. The zero-order valence-electron chi connectivity index (χ0n) is 8.62. The summed E-state index contributed by atoms with van der Waals surface area (Å²) in [6.07, 6.45) is 0. The van der Waals surface area contributed by atoms with Gasteiger partial charge in [0.25, 0.3) is 5.91 Å². The van der Waals surface area contributed by atoms with Crippen molar-refractivity contribution in [2.75, 3.05) is 27.2 Å². The average Bonchev–Trinajstić information content (AvgIpc) is 2.60. The first-order chi connectivity index (χ1) is 6.65. The number of rotatable bonds is 4. The molecule has 0 atom stereocenters. The van der Waals surface area contributed by atoms with Gasteiger partial charge in [-0.3, -0.25) is 4.79 Å². The SMILES string of the molecule is CNCCN(C)C(=O)c1csc(Br)c1.Cl. The molecular formula is C9H14BrClN2OS. The molecule has 0 unspecified atom stereocenters. The number of likely N-dealkylation sites (N-methyl/N-ethyl adjacent to an activating group) is 2. The molecule has 0 spiro atoms. The van der Waals surface area contributed by atoms with Crippen LogP contribution in [-0.2, 0) is 0 Å². The van der Waals surface area contributed by atoms with E-state index in [1.807, 2.05) is 25.5 Å². The van der Waals surface area contributed by atoms with Crippen LogP contribution >= 0.6 is 39.7 Å². The highest BCUT2D eigenvalue weighted by atomic mass is 79.9. The van der Waals surface area contributed by atoms with Gasteiger partial charge in [-0.05, 0) is 29.0 Å². The third-order valence-electron chi connectivity index (χ3n) is 1.86. The topological polar surface area (TPSA) is 32.3 Å². The summed E-state index contributed by atoms with van der Waals surface area (Å²) in [5, 5.41) is 4.87. The molecule has 1 rings (SSSR count). The maximum Gasteiger partial charge on any atom is 0.254 e. The van der Waals surface area contributed by atoms with Gasteiger partial charge in [0.15, 0.2) is 0 Å². The Labute approximate surface area is 108 Å². The zero-order chi connectivity index (χ0) is 10.6. The summed E-state index contributed by atoms with van der Waals surface area (Å²) in [6.45, 7) is 1.54. The monoisotopic (exact) mass is 312 g/mol. The van der Waals surface area contributed by atoms with E-state index < -0.39 is 0 Å². The van der Waals surface area contributed by atoms with Crippen LogP contribution in [0.4, 0.5) is 0 Å². The van der Waals surface area contributed by atoms with Gasteiger partial charge in [-0.1, -0.05) is 0 Å². The molecule has 0 aromatic carbocycles. The van der Waals surface area contributed by atoms with Crippen LogP contribution in [0.1, 0.15) is 10.4 Å². The highest BCUT2D eigenvalue weighted by molar-refractivity contribution is 9.11. The van der Waals surface area contributed by atoms with Crippen LogP contribution in [0, 0.1) is 0 Å². The quantitative estimate of drug-likeness (QED) is 0.924. The minimum Gasteiger partial charge on any atom is -0.340 e. The van der Waals surface area contributed by atoms with Crippen molar-refractivity contribution >= 4 is 45.6 Å². The van der Waals surface area contributed by atoms with E-state index in [0.29, 0.717) is 0 Å². The van der Waals surface area contributed by atoms with Crippen LogP contribution in [0.5, 0.6) is 0 Å². The maximum absolute atomic E-state index is 11.7. The van der Waals surface area contributed by atoms with Gasteiger partial charge in [0.1, 0.15) is 0 Å². The second-order valence-electron chi connectivity index (χ2n) is 2.97. The normalized spacial score (nSPS) is 9.53. The van der Waals surface area contributed by atoms with E-state index >= 15 is 0 Å². The molecule has 0 fully saturated rings. The van der Waals surface area contributed by atoms with Crippen LogP contribution in [0.2, 0.25) is 0 Å². The van der Waals surface area contributed by atoms with E-state index in [-0.39, 0.29) is 18.3 Å². The Bertz CT molecular complexity index is 319. The first kappa shape index (κ1) is 14.9. The Kier molecular flexibility index (Phi) is 7.17. The Morgan fingerprint density at radius 2 is 2.33 bits per heavy atom. The van der Waals surface area contributed by atoms with Crippen LogP contribution in [0.3, 0.4) is 0 Å². The molecule has 3 nitrogen and oxygen atoms in total. The standard InChI is InChI=1S/C9H13BrN2OS.ClH/c1-11-3-4-12(2)9(13)7-5-8(10)14-6-7;/h5-6,11H,3-4H2,1-2H3;1H. The smallest absolute Gasteiger partial charge is 0.254 e. The summed E-state index contributed by atoms with van der Waals surface area (Å²) >= 11 is 4.87. The third kappa shape index (κ3) is 4.51. The Hall–Kier alpha value is -0.100. The highest BCUT2D eigenvalue weighted by Crippen LogP contribution is 2.21. The third-order valence-corrected chi connectivity index (χ3v) is 3.36. The van der Waals surface area contributed by atoms with Crippen LogP contribution < -0.4 is 5.32 Å². The van der Waals surface area contributed by atoms with Gasteiger partial charge in [-0.25, -0.2) is 0 Å². The van der Waals surface area contributed by atoms with Gasteiger partial charge in [0.05, 0.1) is 9.35 Å². The van der Waals surface area contributed by atoms with E-state index in [4.69, 9.17) is 0 Å². The number of halogens is 2. The first-order valence-corrected chi connectivity index (χ1v) is 5.96. The van der Waals surface area contributed by atoms with E-state index in [0.717, 1.165) is 22.4 Å². The van der Waals surface area contributed by atoms with Crippen molar-refractivity contribution in [3.8, 4) is 0 Å². The lowest BCUT2D eigenvalue weighted by atomic mass is 10.3. The van der Waals surface area contributed by atoms with Crippen molar-refractivity contribution in [1.29, 1.82) is 0 Å². The van der Waals surface area contributed by atoms with Gasteiger partial charge in [-0.15, -0.1) is 23.7 Å². The van der Waals surface area contributed by atoms with Gasteiger partial charge in [0.2, 0.25) is 0 Å². The van der Waals surface area contributed by atoms with Crippen molar-refractivity contribution in [2.45, 2.75) is 0 Å². The molecule has 1 aromatic heterocycles. The molecule has 1 N–H and O–H groups in total. The second kappa shape index (κ2) is 7.22. The maximum atomic E-state index is 11.7. The molecule has 6 heteroatoms. The lowest BCUT2D eigenvalue weighted by Crippen LogP contribution is -2.32. The van der Waals surface area contributed by atoms with E-state index in [2.05, 4.69) is 21.2 Å². The first-order valence-electron chi connectivity index (χ1n) is 4.29. The molecular weight excluding hydrogens is 300 g/mol. The molecule has 15 heavy (non-hydrogen) atoms. The van der Waals surface area contributed by atoms with Crippen LogP contribution in [0.15, 0.2) is 15.2 Å². The predicted molar refractivity (Wildman–Crippen MR) is 70.2 cm³/mol. The fourth-order valence-corrected chi connectivity index (χ4v) is 2.15. The lowest BCUT2D eigenvalue weighted by Gasteiger charge is -2.15. The molecule has 0 saturated heterocycles. The van der Waals surface area contributed by atoms with Crippen LogP contribution in [0.25, 0.3) is 0 Å². The molecule has 0 bridgehead atoms. The van der Waals surface area contributed by atoms with Crippen molar-refractivity contribution in [3.05, 3.63) is 20.8 Å². The van der Waals surface area contributed by atoms with E-state index in [1.54, 1.807) is 4.90 Å². The van der Waals surface area contributed by atoms with E-state index in [9.17, 15) is 4.79 Å². The summed E-state index contributed by atoms with van der Waals surface area (Å²) in [5.74, 6) is 0.0715. The number of thiophene rings is 1. The Morgan fingerprint density at radius 3 is 2.80 bits per heavy atom. The Balaban J connectivity index is 0.00000196. The molecule has 1 aromatic rings. The molecule has 0 radical (unpaired) electrons. The molecule has 0 aliphatic heterocycles. The van der Waals surface area contributed by atoms with E-state index in [1.165, 1.54) is 11.3 Å². The fourth-order valence-electron chi connectivity index (χ4n) is 1.02. The summed E-state index contributed by atoms with van der Waals surface area (Å²) < 4.78 is 0.989. The Morgan fingerprint density at radius 1 is 1.67 bits per heavy atom. The fraction of sp³-hybridized carbons (Fsp3) is 0.444. The number of carbonyl (C=O) groups excluding carboxylic acids is 1. The average molecular weight is 314 g/mol. The summed E-state index contributed by atoms with van der Waals surface area (Å²) in [5.41, 5.74) is 0.750. The largest absolute Gasteiger partial charge is 0.340 e. The summed E-state index contributed by atoms with van der Waals surface area (Å²) in [6, 6.07) is 1.85. The molecule has 86 valence electrons. The molecule has 0 aliphatic carbocycles. The minimum atomic E-state index is 0. The van der Waals surface area contributed by atoms with Gasteiger partial charge in [0, 0.05) is 25.5 Å². The van der Waals surface area contributed by atoms with Crippen molar-refractivity contribution in [1.82, 2.24) is 10.2 Å². The van der Waals surface area contributed by atoms with Crippen molar-refractivity contribution in [2.24, 2.45) is 0 Å². The zero-order valence-corrected chi connectivity index (χ0v) is 11.8. The molecule has 1 amide bonds. The molecule has 0 aliphatic rings. The summed E-state index contributed by atoms with van der Waals surface area (Å²) in [7, 11) is 3.69. The van der Waals surface area contributed by atoms with Gasteiger partial charge >= 0.3 is 0 Å². The van der Waals surface area contributed by atoms with Gasteiger partial charge in [-0.2, -0.15) is 0 Å². The predicted octanol–water partition coefficient (Wildman–Crippen LogP) is 2.22.